The van der Waals surface area contributed by atoms with Crippen LogP contribution in [0.1, 0.15) is 60.6 Å². The predicted octanol–water partition coefficient (Wildman–Crippen LogP) is 2.23. The number of nitrogens with one attached hydrogen (secondary N) is 1. The SMILES string of the molecule is CCCCCC(=O)Nc1ccc(C(=O)Cn2c(=O)c(C#N)c3n(c2=O)CCC3)cc1. The highest BCUT2D eigenvalue weighted by Gasteiger charge is 2.23. The second-order valence-electron chi connectivity index (χ2n) is 7.37. The minimum absolute atomic E-state index is 0.0685. The number of hydrogen-bond donors (Lipinski definition) is 1. The number of amides is 1. The largest absolute Gasteiger partial charge is 0.331 e. The molecule has 1 aliphatic heterocycles. The number of benzene rings is 1. The van der Waals surface area contributed by atoms with Gasteiger partial charge in [-0.25, -0.2) is 4.79 Å². The summed E-state index contributed by atoms with van der Waals surface area (Å²) in [5.41, 5.74) is -0.00379. The second-order valence-corrected chi connectivity index (χ2v) is 7.37. The van der Waals surface area contributed by atoms with E-state index in [1.54, 1.807) is 24.3 Å². The Balaban J connectivity index is 1.75. The van der Waals surface area contributed by atoms with Gasteiger partial charge in [-0.3, -0.25) is 23.5 Å². The summed E-state index contributed by atoms with van der Waals surface area (Å²) in [5, 5.41) is 12.1. The van der Waals surface area contributed by atoms with Gasteiger partial charge in [0.05, 0.1) is 6.54 Å². The zero-order chi connectivity index (χ0) is 21.7. The molecule has 0 radical (unpaired) electrons. The molecule has 8 nitrogen and oxygen atoms in total. The molecule has 0 atom stereocenters. The minimum Gasteiger partial charge on any atom is -0.326 e. The smallest absolute Gasteiger partial charge is 0.326 e. The monoisotopic (exact) mass is 408 g/mol. The van der Waals surface area contributed by atoms with Crippen LogP contribution in [-0.4, -0.2) is 20.8 Å². The van der Waals surface area contributed by atoms with E-state index in [0.717, 1.165) is 23.8 Å². The molecule has 1 amide bonds. The molecule has 0 aliphatic carbocycles. The molecule has 0 bridgehead atoms. The molecule has 1 aromatic carbocycles. The lowest BCUT2D eigenvalue weighted by atomic mass is 10.1. The maximum atomic E-state index is 12.6. The predicted molar refractivity (Wildman–Crippen MR) is 112 cm³/mol. The van der Waals surface area contributed by atoms with E-state index in [-0.39, 0.29) is 11.5 Å². The first-order valence-corrected chi connectivity index (χ1v) is 10.2. The van der Waals surface area contributed by atoms with E-state index in [2.05, 4.69) is 12.2 Å². The van der Waals surface area contributed by atoms with Crippen LogP contribution >= 0.6 is 0 Å². The van der Waals surface area contributed by atoms with Crippen molar-refractivity contribution in [3.05, 3.63) is 61.9 Å². The summed E-state index contributed by atoms with van der Waals surface area (Å²) in [6.45, 7) is 2.07. The minimum atomic E-state index is -0.722. The molecule has 0 saturated carbocycles. The molecule has 0 unspecified atom stereocenters. The topological polar surface area (TPSA) is 114 Å². The maximum absolute atomic E-state index is 12.6. The highest BCUT2D eigenvalue weighted by molar-refractivity contribution is 5.97. The van der Waals surface area contributed by atoms with Crippen molar-refractivity contribution in [3.63, 3.8) is 0 Å². The number of aromatic nitrogens is 2. The third kappa shape index (κ3) is 4.40. The molecule has 0 saturated heterocycles. The molecule has 1 aromatic heterocycles. The first-order chi connectivity index (χ1) is 14.5. The number of hydrogen-bond acceptors (Lipinski definition) is 5. The van der Waals surface area contributed by atoms with Crippen LogP contribution < -0.4 is 16.6 Å². The van der Waals surface area contributed by atoms with Crippen LogP contribution in [0.25, 0.3) is 0 Å². The Morgan fingerprint density at radius 1 is 1.17 bits per heavy atom. The number of Topliss-reactive ketones (excluding diaryl/α,β-unsaturated/α-hetero) is 1. The van der Waals surface area contributed by atoms with E-state index in [0.29, 0.717) is 42.8 Å². The summed E-state index contributed by atoms with van der Waals surface area (Å²) in [4.78, 5) is 49.7. The van der Waals surface area contributed by atoms with Crippen LogP contribution in [0.4, 0.5) is 5.69 Å². The van der Waals surface area contributed by atoms with E-state index in [4.69, 9.17) is 0 Å². The first kappa shape index (κ1) is 21.2. The summed E-state index contributed by atoms with van der Waals surface area (Å²) in [7, 11) is 0. The van der Waals surface area contributed by atoms with Crippen molar-refractivity contribution in [1.82, 2.24) is 9.13 Å². The van der Waals surface area contributed by atoms with Gasteiger partial charge in [-0.1, -0.05) is 19.8 Å². The Hall–Kier alpha value is -3.47. The lowest BCUT2D eigenvalue weighted by Crippen LogP contribution is -2.43. The van der Waals surface area contributed by atoms with E-state index in [9.17, 15) is 24.4 Å². The number of unbranched alkanes of at least 4 members (excludes halogenated alkanes) is 2. The molecule has 3 rings (SSSR count). The number of carbonyl (C=O) groups is 2. The second kappa shape index (κ2) is 9.35. The van der Waals surface area contributed by atoms with E-state index < -0.39 is 23.6 Å². The molecular formula is C22H24N4O4. The van der Waals surface area contributed by atoms with Gasteiger partial charge in [-0.2, -0.15) is 5.26 Å². The molecule has 2 heterocycles. The quantitative estimate of drug-likeness (QED) is 0.531. The van der Waals surface area contributed by atoms with Gasteiger partial charge in [0.1, 0.15) is 11.6 Å². The average molecular weight is 408 g/mol. The van der Waals surface area contributed by atoms with Gasteiger partial charge in [0, 0.05) is 29.9 Å². The summed E-state index contributed by atoms with van der Waals surface area (Å²) in [6, 6.07) is 8.20. The summed E-state index contributed by atoms with van der Waals surface area (Å²) in [6.07, 6.45) is 4.50. The third-order valence-electron chi connectivity index (χ3n) is 5.24. The zero-order valence-corrected chi connectivity index (χ0v) is 16.9. The molecule has 1 N–H and O–H groups in total. The Kier molecular flexibility index (Phi) is 6.62. The van der Waals surface area contributed by atoms with Crippen molar-refractivity contribution >= 4 is 17.4 Å². The number of ketones is 1. The standard InChI is InChI=1S/C22H24N4O4/c1-2-3-4-7-20(28)24-16-10-8-15(9-11-16)19(27)14-26-21(29)17(13-23)18-6-5-12-25(18)22(26)30/h8-11H,2-7,12,14H2,1H3,(H,24,28). The van der Waals surface area contributed by atoms with Crippen molar-refractivity contribution in [2.24, 2.45) is 0 Å². The van der Waals surface area contributed by atoms with Crippen molar-refractivity contribution < 1.29 is 9.59 Å². The van der Waals surface area contributed by atoms with Crippen molar-refractivity contribution in [1.29, 1.82) is 5.26 Å². The van der Waals surface area contributed by atoms with Crippen LogP contribution in [-0.2, 0) is 24.3 Å². The highest BCUT2D eigenvalue weighted by atomic mass is 16.2. The van der Waals surface area contributed by atoms with Crippen LogP contribution in [0.3, 0.4) is 0 Å². The first-order valence-electron chi connectivity index (χ1n) is 10.2. The fourth-order valence-electron chi connectivity index (χ4n) is 3.62. The lowest BCUT2D eigenvalue weighted by molar-refractivity contribution is -0.116. The Labute approximate surface area is 173 Å². The number of nitriles is 1. The number of rotatable bonds is 8. The van der Waals surface area contributed by atoms with Crippen molar-refractivity contribution in [3.8, 4) is 6.07 Å². The molecule has 0 spiro atoms. The van der Waals surface area contributed by atoms with Crippen molar-refractivity contribution in [2.75, 3.05) is 5.32 Å². The van der Waals surface area contributed by atoms with Gasteiger partial charge in [0.25, 0.3) is 5.56 Å². The molecule has 2 aromatic rings. The van der Waals surface area contributed by atoms with Crippen LogP contribution in [0.5, 0.6) is 0 Å². The van der Waals surface area contributed by atoms with E-state index in [1.165, 1.54) is 4.57 Å². The third-order valence-corrected chi connectivity index (χ3v) is 5.24. The summed E-state index contributed by atoms with van der Waals surface area (Å²) in [5.74, 6) is -0.498. The fraction of sp³-hybridized carbons (Fsp3) is 0.409. The lowest BCUT2D eigenvalue weighted by Gasteiger charge is -2.11. The summed E-state index contributed by atoms with van der Waals surface area (Å²) < 4.78 is 2.24. The number of fused-ring (bicyclic) bond motifs is 1. The molecule has 1 aliphatic rings. The van der Waals surface area contributed by atoms with Gasteiger partial charge in [0.2, 0.25) is 5.91 Å². The van der Waals surface area contributed by atoms with Gasteiger partial charge < -0.3 is 5.32 Å². The average Bonchev–Trinajstić information content (AvgIpc) is 3.22. The molecular weight excluding hydrogens is 384 g/mol. The number of anilines is 1. The van der Waals surface area contributed by atoms with E-state index in [1.807, 2.05) is 6.07 Å². The van der Waals surface area contributed by atoms with Crippen LogP contribution in [0.15, 0.2) is 33.9 Å². The Morgan fingerprint density at radius 3 is 2.57 bits per heavy atom. The maximum Gasteiger partial charge on any atom is 0.331 e. The fourth-order valence-corrected chi connectivity index (χ4v) is 3.62. The highest BCUT2D eigenvalue weighted by Crippen LogP contribution is 2.14. The molecule has 0 fully saturated rings. The normalized spacial score (nSPS) is 12.3. The van der Waals surface area contributed by atoms with E-state index >= 15 is 0 Å². The zero-order valence-electron chi connectivity index (χ0n) is 16.9. The van der Waals surface area contributed by atoms with Crippen LogP contribution in [0.2, 0.25) is 0 Å². The molecule has 30 heavy (non-hydrogen) atoms. The van der Waals surface area contributed by atoms with Gasteiger partial charge >= 0.3 is 5.69 Å². The van der Waals surface area contributed by atoms with Crippen molar-refractivity contribution in [2.45, 2.75) is 58.5 Å². The van der Waals surface area contributed by atoms with Gasteiger partial charge in [0.15, 0.2) is 5.78 Å². The van der Waals surface area contributed by atoms with Gasteiger partial charge in [-0.05, 0) is 43.5 Å². The Bertz CT molecular complexity index is 1120. The summed E-state index contributed by atoms with van der Waals surface area (Å²) >= 11 is 0. The molecule has 156 valence electrons. The van der Waals surface area contributed by atoms with Gasteiger partial charge in [-0.15, -0.1) is 0 Å². The number of nitrogens with zero attached hydrogens (tertiary/aromatic N) is 3. The molecule has 8 heteroatoms. The number of carbonyl (C=O) groups excluding carboxylic acids is 2. The van der Waals surface area contributed by atoms with Crippen LogP contribution in [0, 0.1) is 11.3 Å². The Morgan fingerprint density at radius 2 is 1.90 bits per heavy atom.